The SMILES string of the molecule is OCC[C@@H]1CSCCN1CCO[C@H]1CCCCO1. The topological polar surface area (TPSA) is 41.9 Å². The molecule has 2 aliphatic rings. The van der Waals surface area contributed by atoms with Crippen molar-refractivity contribution in [3.05, 3.63) is 0 Å². The summed E-state index contributed by atoms with van der Waals surface area (Å²) in [6, 6.07) is 0.518. The lowest BCUT2D eigenvalue weighted by Crippen LogP contribution is -2.44. The van der Waals surface area contributed by atoms with Crippen LogP contribution in [0.3, 0.4) is 0 Å². The van der Waals surface area contributed by atoms with Crippen LogP contribution in [0.1, 0.15) is 25.7 Å². The van der Waals surface area contributed by atoms with Gasteiger partial charge in [-0.2, -0.15) is 11.8 Å². The fraction of sp³-hybridized carbons (Fsp3) is 1.00. The van der Waals surface area contributed by atoms with E-state index in [1.165, 1.54) is 18.6 Å². The molecule has 2 heterocycles. The number of rotatable bonds is 6. The standard InChI is InChI=1S/C13H25NO3S/c15-7-4-12-11-18-10-6-14(12)5-9-17-13-3-1-2-8-16-13/h12-13,15H,1-11H2/t12-,13+/m1/s1. The second-order valence-electron chi connectivity index (χ2n) is 4.94. The molecule has 2 atom stereocenters. The number of hydrogen-bond acceptors (Lipinski definition) is 5. The van der Waals surface area contributed by atoms with Gasteiger partial charge in [0.05, 0.1) is 6.61 Å². The molecule has 0 amide bonds. The summed E-state index contributed by atoms with van der Waals surface area (Å²) in [6.07, 6.45) is 4.33. The first kappa shape index (κ1) is 14.6. The maximum Gasteiger partial charge on any atom is 0.157 e. The molecule has 2 rings (SSSR count). The molecular formula is C13H25NO3S. The van der Waals surface area contributed by atoms with E-state index < -0.39 is 0 Å². The molecule has 2 fully saturated rings. The van der Waals surface area contributed by atoms with Crippen LogP contribution in [0.4, 0.5) is 0 Å². The van der Waals surface area contributed by atoms with Crippen molar-refractivity contribution in [1.29, 1.82) is 0 Å². The number of hydrogen-bond donors (Lipinski definition) is 1. The first-order valence-corrected chi connectivity index (χ1v) is 8.21. The van der Waals surface area contributed by atoms with Crippen molar-refractivity contribution < 1.29 is 14.6 Å². The summed E-state index contributed by atoms with van der Waals surface area (Å²) in [5.74, 6) is 2.34. The summed E-state index contributed by atoms with van der Waals surface area (Å²) in [5, 5.41) is 9.08. The molecule has 0 radical (unpaired) electrons. The molecule has 1 N–H and O–H groups in total. The predicted octanol–water partition coefficient (Wildman–Crippen LogP) is 1.33. The maximum atomic E-state index is 9.08. The minimum atomic E-state index is 0.0224. The highest BCUT2D eigenvalue weighted by Gasteiger charge is 2.22. The molecule has 0 spiro atoms. The van der Waals surface area contributed by atoms with Gasteiger partial charge in [0, 0.05) is 43.9 Å². The molecule has 4 nitrogen and oxygen atoms in total. The number of ether oxygens (including phenoxy) is 2. The van der Waals surface area contributed by atoms with Gasteiger partial charge in [0.2, 0.25) is 0 Å². The van der Waals surface area contributed by atoms with Crippen LogP contribution in [0.5, 0.6) is 0 Å². The number of aliphatic hydroxyl groups is 1. The highest BCUT2D eigenvalue weighted by atomic mass is 32.2. The number of nitrogens with zero attached hydrogens (tertiary/aromatic N) is 1. The molecule has 0 aromatic carbocycles. The summed E-state index contributed by atoms with van der Waals surface area (Å²) < 4.78 is 11.3. The van der Waals surface area contributed by atoms with Gasteiger partial charge in [-0.1, -0.05) is 0 Å². The van der Waals surface area contributed by atoms with Crippen molar-refractivity contribution in [1.82, 2.24) is 4.90 Å². The lowest BCUT2D eigenvalue weighted by Gasteiger charge is -2.35. The van der Waals surface area contributed by atoms with Gasteiger partial charge in [-0.3, -0.25) is 4.90 Å². The summed E-state index contributed by atoms with van der Waals surface area (Å²) in [6.45, 7) is 3.96. The molecular weight excluding hydrogens is 250 g/mol. The van der Waals surface area contributed by atoms with E-state index in [0.717, 1.165) is 44.9 Å². The zero-order valence-electron chi connectivity index (χ0n) is 11.1. The molecule has 0 saturated carbocycles. The Bertz CT molecular complexity index is 222. The van der Waals surface area contributed by atoms with Gasteiger partial charge < -0.3 is 14.6 Å². The van der Waals surface area contributed by atoms with Crippen molar-refractivity contribution in [2.45, 2.75) is 38.0 Å². The summed E-state index contributed by atoms with van der Waals surface area (Å²) >= 11 is 1.99. The Morgan fingerprint density at radius 1 is 1.39 bits per heavy atom. The fourth-order valence-electron chi connectivity index (χ4n) is 2.54. The monoisotopic (exact) mass is 275 g/mol. The smallest absolute Gasteiger partial charge is 0.157 e. The van der Waals surface area contributed by atoms with Crippen molar-refractivity contribution in [2.24, 2.45) is 0 Å². The molecule has 18 heavy (non-hydrogen) atoms. The molecule has 0 aliphatic carbocycles. The van der Waals surface area contributed by atoms with Crippen LogP contribution in [0.25, 0.3) is 0 Å². The first-order valence-electron chi connectivity index (χ1n) is 7.06. The van der Waals surface area contributed by atoms with E-state index in [2.05, 4.69) is 4.90 Å². The Labute approximate surface area is 114 Å². The van der Waals surface area contributed by atoms with E-state index in [-0.39, 0.29) is 12.9 Å². The Hall–Kier alpha value is 0.190. The van der Waals surface area contributed by atoms with E-state index in [1.807, 2.05) is 11.8 Å². The third kappa shape index (κ3) is 4.70. The van der Waals surface area contributed by atoms with E-state index >= 15 is 0 Å². The largest absolute Gasteiger partial charge is 0.396 e. The van der Waals surface area contributed by atoms with Crippen molar-refractivity contribution in [3.63, 3.8) is 0 Å². The van der Waals surface area contributed by atoms with Crippen LogP contribution in [-0.2, 0) is 9.47 Å². The molecule has 0 aromatic heterocycles. The molecule has 5 heteroatoms. The third-order valence-corrected chi connectivity index (χ3v) is 4.72. The first-order chi connectivity index (χ1) is 8.90. The lowest BCUT2D eigenvalue weighted by atomic mass is 10.2. The van der Waals surface area contributed by atoms with E-state index in [0.29, 0.717) is 6.04 Å². The minimum Gasteiger partial charge on any atom is -0.396 e. The van der Waals surface area contributed by atoms with Gasteiger partial charge in [0.1, 0.15) is 0 Å². The normalized spacial score (nSPS) is 30.5. The van der Waals surface area contributed by atoms with Crippen LogP contribution >= 0.6 is 11.8 Å². The minimum absolute atomic E-state index is 0.0224. The molecule has 0 aromatic rings. The van der Waals surface area contributed by atoms with Gasteiger partial charge >= 0.3 is 0 Å². The van der Waals surface area contributed by atoms with Gasteiger partial charge in [-0.15, -0.1) is 0 Å². The number of aliphatic hydroxyl groups excluding tert-OH is 1. The van der Waals surface area contributed by atoms with Gasteiger partial charge in [0.15, 0.2) is 6.29 Å². The zero-order chi connectivity index (χ0) is 12.6. The van der Waals surface area contributed by atoms with E-state index in [4.69, 9.17) is 14.6 Å². The second-order valence-corrected chi connectivity index (χ2v) is 6.09. The van der Waals surface area contributed by atoms with Crippen LogP contribution < -0.4 is 0 Å². The molecule has 0 bridgehead atoms. The lowest BCUT2D eigenvalue weighted by molar-refractivity contribution is -0.164. The van der Waals surface area contributed by atoms with E-state index in [9.17, 15) is 0 Å². The maximum absolute atomic E-state index is 9.08. The quantitative estimate of drug-likeness (QED) is 0.792. The van der Waals surface area contributed by atoms with Gasteiger partial charge in [0.25, 0.3) is 0 Å². The van der Waals surface area contributed by atoms with Crippen molar-refractivity contribution in [3.8, 4) is 0 Å². The summed E-state index contributed by atoms with van der Waals surface area (Å²) in [7, 11) is 0. The highest BCUT2D eigenvalue weighted by Crippen LogP contribution is 2.19. The number of thioether (sulfide) groups is 1. The zero-order valence-corrected chi connectivity index (χ0v) is 11.9. The Kier molecular flexibility index (Phi) is 6.79. The van der Waals surface area contributed by atoms with Crippen LogP contribution in [0.2, 0.25) is 0 Å². The van der Waals surface area contributed by atoms with Crippen molar-refractivity contribution in [2.75, 3.05) is 44.4 Å². The molecule has 106 valence electrons. The summed E-state index contributed by atoms with van der Waals surface area (Å²) in [5.41, 5.74) is 0. The average Bonchev–Trinajstić information content (AvgIpc) is 2.42. The van der Waals surface area contributed by atoms with Crippen LogP contribution in [-0.4, -0.2) is 66.8 Å². The van der Waals surface area contributed by atoms with Gasteiger partial charge in [-0.05, 0) is 25.7 Å². The van der Waals surface area contributed by atoms with Crippen molar-refractivity contribution >= 4 is 11.8 Å². The second kappa shape index (κ2) is 8.38. The van der Waals surface area contributed by atoms with Gasteiger partial charge in [-0.25, -0.2) is 0 Å². The Morgan fingerprint density at radius 3 is 3.11 bits per heavy atom. The van der Waals surface area contributed by atoms with Crippen LogP contribution in [0, 0.1) is 0 Å². The molecule has 2 aliphatic heterocycles. The fourth-order valence-corrected chi connectivity index (χ4v) is 3.72. The third-order valence-electron chi connectivity index (χ3n) is 3.63. The van der Waals surface area contributed by atoms with Crippen LogP contribution in [0.15, 0.2) is 0 Å². The molecule has 0 unspecified atom stereocenters. The summed E-state index contributed by atoms with van der Waals surface area (Å²) in [4.78, 5) is 2.45. The predicted molar refractivity (Wildman–Crippen MR) is 73.9 cm³/mol. The Balaban J connectivity index is 1.64. The highest BCUT2D eigenvalue weighted by molar-refractivity contribution is 7.99. The Morgan fingerprint density at radius 2 is 2.33 bits per heavy atom. The van der Waals surface area contributed by atoms with E-state index in [1.54, 1.807) is 0 Å². The molecule has 2 saturated heterocycles. The average molecular weight is 275 g/mol.